The summed E-state index contributed by atoms with van der Waals surface area (Å²) < 4.78 is 16.4. The topological polar surface area (TPSA) is 56.8 Å². The van der Waals surface area contributed by atoms with Crippen LogP contribution >= 0.6 is 23.2 Å². The number of para-hydroxylation sites is 1. The molecule has 25 heavy (non-hydrogen) atoms. The first kappa shape index (κ1) is 19.2. The number of hydrogen-bond acceptors (Lipinski definition) is 4. The normalized spacial score (nSPS) is 10.2. The highest BCUT2D eigenvalue weighted by atomic mass is 35.5. The lowest BCUT2D eigenvalue weighted by Crippen LogP contribution is -2.21. The zero-order valence-corrected chi connectivity index (χ0v) is 15.5. The summed E-state index contributed by atoms with van der Waals surface area (Å²) in [6.07, 6.45) is 0. The zero-order chi connectivity index (χ0) is 18.2. The second-order valence-corrected chi connectivity index (χ2v) is 5.73. The molecule has 0 atom stereocenters. The van der Waals surface area contributed by atoms with E-state index in [9.17, 15) is 4.79 Å². The summed E-state index contributed by atoms with van der Waals surface area (Å²) in [5.41, 5.74) is 0.506. The third kappa shape index (κ3) is 5.44. The Balaban J connectivity index is 2.07. The van der Waals surface area contributed by atoms with Crippen LogP contribution in [0.25, 0.3) is 0 Å². The van der Waals surface area contributed by atoms with Gasteiger partial charge in [0.05, 0.1) is 28.9 Å². The van der Waals surface area contributed by atoms with Gasteiger partial charge in [-0.05, 0) is 38.1 Å². The first-order chi connectivity index (χ1) is 12.0. The largest absolute Gasteiger partial charge is 0.494 e. The first-order valence-corrected chi connectivity index (χ1v) is 8.57. The molecule has 7 heteroatoms. The van der Waals surface area contributed by atoms with E-state index in [1.54, 1.807) is 36.4 Å². The molecule has 0 saturated carbocycles. The third-order valence-corrected chi connectivity index (χ3v) is 3.70. The summed E-state index contributed by atoms with van der Waals surface area (Å²) in [5.74, 6) is 1.09. The minimum Gasteiger partial charge on any atom is -0.494 e. The molecule has 0 saturated heterocycles. The summed E-state index contributed by atoms with van der Waals surface area (Å²) in [7, 11) is 0. The molecule has 0 aliphatic carbocycles. The fourth-order valence-corrected chi connectivity index (χ4v) is 2.60. The summed E-state index contributed by atoms with van der Waals surface area (Å²) in [5, 5.41) is 3.43. The van der Waals surface area contributed by atoms with Crippen molar-refractivity contribution in [2.24, 2.45) is 0 Å². The van der Waals surface area contributed by atoms with Crippen molar-refractivity contribution in [3.8, 4) is 17.2 Å². The second-order valence-electron chi connectivity index (χ2n) is 4.91. The Hall–Kier alpha value is -2.11. The molecule has 0 aromatic heterocycles. The van der Waals surface area contributed by atoms with Gasteiger partial charge in [0.2, 0.25) is 0 Å². The smallest absolute Gasteiger partial charge is 0.262 e. The molecule has 0 aliphatic heterocycles. The first-order valence-electron chi connectivity index (χ1n) is 7.81. The van der Waals surface area contributed by atoms with Crippen LogP contribution < -0.4 is 19.5 Å². The minimum atomic E-state index is -0.370. The standard InChI is InChI=1S/C18H19Cl2NO4/c1-3-23-12-8-9-16(24-4-2)15(10-12)21-17(22)11-25-18-13(19)6-5-7-14(18)20/h5-10H,3-4,11H2,1-2H3,(H,21,22). The Kier molecular flexibility index (Phi) is 7.22. The van der Waals surface area contributed by atoms with Gasteiger partial charge in [0.25, 0.3) is 5.91 Å². The maximum absolute atomic E-state index is 12.2. The number of anilines is 1. The Morgan fingerprint density at radius 1 is 1.00 bits per heavy atom. The van der Waals surface area contributed by atoms with E-state index in [-0.39, 0.29) is 18.3 Å². The zero-order valence-electron chi connectivity index (χ0n) is 14.0. The lowest BCUT2D eigenvalue weighted by atomic mass is 10.2. The molecule has 2 aromatic rings. The van der Waals surface area contributed by atoms with Crippen molar-refractivity contribution < 1.29 is 19.0 Å². The molecule has 1 amide bonds. The predicted octanol–water partition coefficient (Wildman–Crippen LogP) is 4.81. The van der Waals surface area contributed by atoms with E-state index in [1.807, 2.05) is 13.8 Å². The highest BCUT2D eigenvalue weighted by Crippen LogP contribution is 2.33. The number of benzene rings is 2. The summed E-state index contributed by atoms with van der Waals surface area (Å²) in [6, 6.07) is 10.2. The lowest BCUT2D eigenvalue weighted by molar-refractivity contribution is -0.118. The minimum absolute atomic E-state index is 0.242. The van der Waals surface area contributed by atoms with Crippen LogP contribution in [0.5, 0.6) is 17.2 Å². The van der Waals surface area contributed by atoms with Crippen molar-refractivity contribution in [2.45, 2.75) is 13.8 Å². The van der Waals surface area contributed by atoms with E-state index in [0.717, 1.165) is 0 Å². The average Bonchev–Trinajstić information content (AvgIpc) is 2.57. The molecule has 1 N–H and O–H groups in total. The third-order valence-electron chi connectivity index (χ3n) is 3.10. The van der Waals surface area contributed by atoms with Crippen LogP contribution in [0.15, 0.2) is 36.4 Å². The van der Waals surface area contributed by atoms with Crippen LogP contribution in [0.1, 0.15) is 13.8 Å². The molecular weight excluding hydrogens is 365 g/mol. The van der Waals surface area contributed by atoms with Gasteiger partial charge in [0, 0.05) is 6.07 Å². The SMILES string of the molecule is CCOc1ccc(OCC)c(NC(=O)COc2c(Cl)cccc2Cl)c1. The quantitative estimate of drug-likeness (QED) is 0.710. The second kappa shape index (κ2) is 9.39. The van der Waals surface area contributed by atoms with Crippen LogP contribution in [0.2, 0.25) is 10.0 Å². The summed E-state index contributed by atoms with van der Waals surface area (Å²) in [6.45, 7) is 4.51. The van der Waals surface area contributed by atoms with Crippen LogP contribution in [-0.2, 0) is 4.79 Å². The molecule has 0 aliphatic rings. The fraction of sp³-hybridized carbons (Fsp3) is 0.278. The predicted molar refractivity (Wildman–Crippen MR) is 99.4 cm³/mol. The molecule has 2 aromatic carbocycles. The van der Waals surface area contributed by atoms with E-state index < -0.39 is 0 Å². The van der Waals surface area contributed by atoms with Crippen LogP contribution in [0.4, 0.5) is 5.69 Å². The van der Waals surface area contributed by atoms with Gasteiger partial charge in [-0.2, -0.15) is 0 Å². The van der Waals surface area contributed by atoms with Gasteiger partial charge >= 0.3 is 0 Å². The monoisotopic (exact) mass is 383 g/mol. The van der Waals surface area contributed by atoms with E-state index in [1.165, 1.54) is 0 Å². The lowest BCUT2D eigenvalue weighted by Gasteiger charge is -2.14. The summed E-state index contributed by atoms with van der Waals surface area (Å²) in [4.78, 5) is 12.2. The molecule has 0 fully saturated rings. The molecule has 0 heterocycles. The van der Waals surface area contributed by atoms with Crippen LogP contribution in [0.3, 0.4) is 0 Å². The number of rotatable bonds is 8. The molecule has 0 bridgehead atoms. The fourth-order valence-electron chi connectivity index (χ4n) is 2.09. The van der Waals surface area contributed by atoms with Gasteiger partial charge in [0.15, 0.2) is 12.4 Å². The van der Waals surface area contributed by atoms with Gasteiger partial charge in [0.1, 0.15) is 11.5 Å². The van der Waals surface area contributed by atoms with Crippen LogP contribution in [-0.4, -0.2) is 25.7 Å². The number of carbonyl (C=O) groups is 1. The molecule has 0 radical (unpaired) electrons. The Bertz CT molecular complexity index is 717. The van der Waals surface area contributed by atoms with Crippen molar-refractivity contribution in [3.63, 3.8) is 0 Å². The maximum atomic E-state index is 12.2. The molecular formula is C18H19Cl2NO4. The van der Waals surface area contributed by atoms with Gasteiger partial charge in [-0.1, -0.05) is 29.3 Å². The Labute approximate surface area is 156 Å². The van der Waals surface area contributed by atoms with Crippen molar-refractivity contribution in [3.05, 3.63) is 46.4 Å². The average molecular weight is 384 g/mol. The maximum Gasteiger partial charge on any atom is 0.262 e. The number of nitrogens with one attached hydrogen (secondary N) is 1. The summed E-state index contributed by atoms with van der Waals surface area (Å²) >= 11 is 12.0. The van der Waals surface area contributed by atoms with E-state index >= 15 is 0 Å². The molecule has 0 unspecified atom stereocenters. The number of halogens is 2. The van der Waals surface area contributed by atoms with Gasteiger partial charge in [-0.3, -0.25) is 4.79 Å². The number of amides is 1. The highest BCUT2D eigenvalue weighted by molar-refractivity contribution is 6.37. The van der Waals surface area contributed by atoms with Crippen molar-refractivity contribution in [1.82, 2.24) is 0 Å². The number of carbonyl (C=O) groups excluding carboxylic acids is 1. The van der Waals surface area contributed by atoms with E-state index in [4.69, 9.17) is 37.4 Å². The highest BCUT2D eigenvalue weighted by Gasteiger charge is 2.13. The Morgan fingerprint density at radius 2 is 1.68 bits per heavy atom. The van der Waals surface area contributed by atoms with Crippen LogP contribution in [0, 0.1) is 0 Å². The molecule has 0 spiro atoms. The van der Waals surface area contributed by atoms with Crippen molar-refractivity contribution in [1.29, 1.82) is 0 Å². The van der Waals surface area contributed by atoms with E-state index in [2.05, 4.69) is 5.32 Å². The number of hydrogen-bond donors (Lipinski definition) is 1. The molecule has 134 valence electrons. The van der Waals surface area contributed by atoms with Gasteiger partial charge in [-0.25, -0.2) is 0 Å². The van der Waals surface area contributed by atoms with Crippen molar-refractivity contribution in [2.75, 3.05) is 25.1 Å². The van der Waals surface area contributed by atoms with E-state index in [0.29, 0.717) is 40.4 Å². The molecule has 5 nitrogen and oxygen atoms in total. The van der Waals surface area contributed by atoms with Gasteiger partial charge < -0.3 is 19.5 Å². The molecule has 2 rings (SSSR count). The van der Waals surface area contributed by atoms with Gasteiger partial charge in [-0.15, -0.1) is 0 Å². The number of ether oxygens (including phenoxy) is 3. The van der Waals surface area contributed by atoms with Crippen molar-refractivity contribution >= 4 is 34.8 Å². The Morgan fingerprint density at radius 3 is 2.32 bits per heavy atom.